The van der Waals surface area contributed by atoms with Crippen molar-refractivity contribution in [3.05, 3.63) is 260 Å². The number of esters is 1. The summed E-state index contributed by atoms with van der Waals surface area (Å²) >= 11 is 3.61. The van der Waals surface area contributed by atoms with Gasteiger partial charge in [0.2, 0.25) is 5.78 Å². The van der Waals surface area contributed by atoms with Crippen LogP contribution in [-0.4, -0.2) is 36.0 Å². The lowest BCUT2D eigenvalue weighted by atomic mass is 9.94. The summed E-state index contributed by atoms with van der Waals surface area (Å²) in [5.74, 6) is -1.79. The first-order valence-corrected chi connectivity index (χ1v) is 24.1. The predicted molar refractivity (Wildman–Crippen MR) is 275 cm³/mol. The van der Waals surface area contributed by atoms with Crippen molar-refractivity contribution in [3.63, 3.8) is 0 Å². The third-order valence-electron chi connectivity index (χ3n) is 11.2. The second-order valence-corrected chi connectivity index (χ2v) is 17.2. The molecule has 1 saturated heterocycles. The highest BCUT2D eigenvalue weighted by molar-refractivity contribution is 9.10. The lowest BCUT2D eigenvalue weighted by Gasteiger charge is -2.25. The Morgan fingerprint density at radius 1 is 0.472 bits per heavy atom. The first-order chi connectivity index (χ1) is 35.3. The number of carbonyl (C=O) groups excluding carboxylic acids is 2. The number of carbonyl (C=O) groups is 3. The van der Waals surface area contributed by atoms with Crippen LogP contribution in [0.15, 0.2) is 205 Å². The molecule has 364 valence electrons. The van der Waals surface area contributed by atoms with Crippen LogP contribution < -0.4 is 18.9 Å². The molecule has 12 heteroatoms. The molecule has 1 aliphatic rings. The molecule has 9 rings (SSSR count). The number of hydrogen-bond acceptors (Lipinski definition) is 10. The van der Waals surface area contributed by atoms with Gasteiger partial charge in [0, 0.05) is 5.56 Å². The van der Waals surface area contributed by atoms with E-state index in [0.29, 0.717) is 6.61 Å². The van der Waals surface area contributed by atoms with Crippen molar-refractivity contribution in [1.29, 1.82) is 0 Å². The van der Waals surface area contributed by atoms with E-state index < -0.39 is 17.7 Å². The fourth-order valence-electron chi connectivity index (χ4n) is 7.58. The van der Waals surface area contributed by atoms with E-state index in [9.17, 15) is 14.7 Å². The molecule has 0 spiro atoms. The van der Waals surface area contributed by atoms with Crippen LogP contribution in [0, 0.1) is 0 Å². The lowest BCUT2D eigenvalue weighted by molar-refractivity contribution is -0.183. The summed E-state index contributed by atoms with van der Waals surface area (Å²) in [6.45, 7) is 2.14. The van der Waals surface area contributed by atoms with Crippen molar-refractivity contribution in [2.45, 2.75) is 45.7 Å². The molecule has 0 aliphatic carbocycles. The SMILES string of the molecule is Brc1c(OCc2ccccc2)cccc1C1OCCCO1.O=C(O)c1cc(OCc2ccccc2)c(C(=O)c2c(OCc3ccccc3)cccc2C(=O)OCc2ccccc2)c(OCc2ccccc2)c1. The Labute approximate surface area is 426 Å². The number of halogens is 1. The molecule has 8 aromatic carbocycles. The summed E-state index contributed by atoms with van der Waals surface area (Å²) in [6.07, 6.45) is 0.631. The molecular formula is C60H51BrO11. The number of ketones is 1. The fraction of sp³-hybridized carbons (Fsp3) is 0.150. The number of rotatable bonds is 19. The number of ether oxygens (including phenoxy) is 7. The Balaban J connectivity index is 0.000000274. The molecule has 11 nitrogen and oxygen atoms in total. The maximum absolute atomic E-state index is 15.0. The standard InChI is InChI=1S/C43H34O8.C17H17BrO3/c44-41(39-35(43(47)51-29-33-20-11-4-12-21-33)22-13-23-36(39)48-26-30-14-5-1-6-15-30)40-37(49-27-31-16-7-2-8-17-31)24-34(42(45)46)25-38(40)50-28-32-18-9-3-10-19-32;18-16-14(17-19-10-5-11-20-17)8-4-9-15(16)21-12-13-6-2-1-3-7-13/h1-25H,26-29H2,(H,45,46);1-4,6-9,17H,5,10-12H2. The fourth-order valence-corrected chi connectivity index (χ4v) is 8.14. The average Bonchev–Trinajstić information content (AvgIpc) is 3.43. The van der Waals surface area contributed by atoms with Crippen molar-refractivity contribution in [3.8, 4) is 23.0 Å². The van der Waals surface area contributed by atoms with E-state index in [1.54, 1.807) is 12.1 Å². The predicted octanol–water partition coefficient (Wildman–Crippen LogP) is 13.2. The maximum atomic E-state index is 15.0. The van der Waals surface area contributed by atoms with Gasteiger partial charge >= 0.3 is 11.9 Å². The van der Waals surface area contributed by atoms with Crippen LogP contribution in [0.1, 0.15) is 82.7 Å². The van der Waals surface area contributed by atoms with Crippen LogP contribution >= 0.6 is 15.9 Å². The van der Waals surface area contributed by atoms with Gasteiger partial charge in [-0.05, 0) is 80.5 Å². The van der Waals surface area contributed by atoms with E-state index in [-0.39, 0.29) is 72.2 Å². The van der Waals surface area contributed by atoms with E-state index in [4.69, 9.17) is 33.2 Å². The summed E-state index contributed by atoms with van der Waals surface area (Å²) in [4.78, 5) is 41.1. The molecule has 1 fully saturated rings. The van der Waals surface area contributed by atoms with Gasteiger partial charge in [0.15, 0.2) is 6.29 Å². The van der Waals surface area contributed by atoms with Crippen LogP contribution in [0.4, 0.5) is 0 Å². The zero-order chi connectivity index (χ0) is 49.9. The molecule has 0 unspecified atom stereocenters. The third kappa shape index (κ3) is 13.8. The van der Waals surface area contributed by atoms with Crippen molar-refractivity contribution in [2.24, 2.45) is 0 Å². The largest absolute Gasteiger partial charge is 0.488 e. The molecular weight excluding hydrogens is 977 g/mol. The molecule has 0 amide bonds. The minimum Gasteiger partial charge on any atom is -0.488 e. The minimum atomic E-state index is -1.24. The molecule has 8 aromatic rings. The van der Waals surface area contributed by atoms with E-state index in [0.717, 1.165) is 63.2 Å². The van der Waals surface area contributed by atoms with Gasteiger partial charge in [-0.25, -0.2) is 9.59 Å². The number of aromatic carboxylic acids is 1. The zero-order valence-electron chi connectivity index (χ0n) is 39.2. The van der Waals surface area contributed by atoms with E-state index >= 15 is 4.79 Å². The summed E-state index contributed by atoms with van der Waals surface area (Å²) in [6, 6.07) is 60.4. The van der Waals surface area contributed by atoms with Gasteiger partial charge in [0.1, 0.15) is 61.6 Å². The molecule has 72 heavy (non-hydrogen) atoms. The second-order valence-electron chi connectivity index (χ2n) is 16.4. The van der Waals surface area contributed by atoms with Gasteiger partial charge < -0.3 is 38.3 Å². The van der Waals surface area contributed by atoms with E-state index in [2.05, 4.69) is 15.9 Å². The van der Waals surface area contributed by atoms with Crippen LogP contribution in [0.3, 0.4) is 0 Å². The van der Waals surface area contributed by atoms with Crippen LogP contribution in [0.25, 0.3) is 0 Å². The monoisotopic (exact) mass is 1030 g/mol. The summed E-state index contributed by atoms with van der Waals surface area (Å²) in [7, 11) is 0. The highest BCUT2D eigenvalue weighted by Gasteiger charge is 2.31. The quantitative estimate of drug-likeness (QED) is 0.0612. The number of hydrogen-bond donors (Lipinski definition) is 1. The Morgan fingerprint density at radius 3 is 1.33 bits per heavy atom. The maximum Gasteiger partial charge on any atom is 0.339 e. The molecule has 1 N–H and O–H groups in total. The Bertz CT molecular complexity index is 2960. The molecule has 1 aliphatic heterocycles. The van der Waals surface area contributed by atoms with Gasteiger partial charge in [-0.2, -0.15) is 0 Å². The zero-order valence-corrected chi connectivity index (χ0v) is 40.8. The molecule has 0 aromatic heterocycles. The highest BCUT2D eigenvalue weighted by Crippen LogP contribution is 2.39. The number of carboxylic acid groups (broad SMARTS) is 1. The van der Waals surface area contributed by atoms with Gasteiger partial charge in [-0.15, -0.1) is 0 Å². The minimum absolute atomic E-state index is 0.0212. The average molecular weight is 1030 g/mol. The van der Waals surface area contributed by atoms with Gasteiger partial charge in [0.25, 0.3) is 0 Å². The smallest absolute Gasteiger partial charge is 0.339 e. The lowest BCUT2D eigenvalue weighted by Crippen LogP contribution is -2.18. The van der Waals surface area contributed by atoms with Crippen molar-refractivity contribution in [1.82, 2.24) is 0 Å². The number of benzene rings is 8. The molecule has 0 saturated carbocycles. The van der Waals surface area contributed by atoms with Crippen LogP contribution in [-0.2, 0) is 47.2 Å². The van der Waals surface area contributed by atoms with Crippen molar-refractivity contribution < 1.29 is 52.6 Å². The Morgan fingerprint density at radius 2 is 0.875 bits per heavy atom. The highest BCUT2D eigenvalue weighted by atomic mass is 79.9. The molecule has 0 atom stereocenters. The topological polar surface area (TPSA) is 136 Å². The summed E-state index contributed by atoms with van der Waals surface area (Å²) < 4.78 is 42.4. The van der Waals surface area contributed by atoms with E-state index in [1.807, 2.05) is 170 Å². The summed E-state index contributed by atoms with van der Waals surface area (Å²) in [5, 5.41) is 10.1. The first kappa shape index (κ1) is 50.4. The molecule has 0 bridgehead atoms. The first-order valence-electron chi connectivity index (χ1n) is 23.3. The van der Waals surface area contributed by atoms with Gasteiger partial charge in [-0.1, -0.05) is 170 Å². The Kier molecular flexibility index (Phi) is 18.0. The van der Waals surface area contributed by atoms with E-state index in [1.165, 1.54) is 18.2 Å². The van der Waals surface area contributed by atoms with Gasteiger partial charge in [-0.3, -0.25) is 4.79 Å². The normalized spacial score (nSPS) is 12.1. The summed E-state index contributed by atoms with van der Waals surface area (Å²) in [5.41, 5.74) is 4.98. The molecule has 0 radical (unpaired) electrons. The van der Waals surface area contributed by atoms with Gasteiger partial charge in [0.05, 0.1) is 34.4 Å². The number of carboxylic acids is 1. The van der Waals surface area contributed by atoms with Crippen molar-refractivity contribution >= 4 is 33.7 Å². The van der Waals surface area contributed by atoms with Crippen molar-refractivity contribution in [2.75, 3.05) is 13.2 Å². The van der Waals surface area contributed by atoms with Crippen LogP contribution in [0.2, 0.25) is 0 Å². The second kappa shape index (κ2) is 25.7. The van der Waals surface area contributed by atoms with Crippen LogP contribution in [0.5, 0.6) is 23.0 Å². The molecule has 1 heterocycles. The Hall–Kier alpha value is -8.03. The third-order valence-corrected chi connectivity index (χ3v) is 12.1.